The average Bonchev–Trinajstić information content (AvgIpc) is 3.02. The Morgan fingerprint density at radius 2 is 2.37 bits per heavy atom. The molecule has 2 aromatic rings. The summed E-state index contributed by atoms with van der Waals surface area (Å²) in [6.45, 7) is 1.68. The zero-order chi connectivity index (χ0) is 13.2. The highest BCUT2D eigenvalue weighted by Crippen LogP contribution is 2.22. The number of imidazole rings is 1. The molecule has 1 fully saturated rings. The van der Waals surface area contributed by atoms with Crippen LogP contribution < -0.4 is 0 Å². The zero-order valence-electron chi connectivity index (χ0n) is 10.6. The molecule has 19 heavy (non-hydrogen) atoms. The van der Waals surface area contributed by atoms with Crippen molar-refractivity contribution in [3.8, 4) is 0 Å². The van der Waals surface area contributed by atoms with E-state index < -0.39 is 0 Å². The molecule has 102 valence electrons. The zero-order valence-corrected chi connectivity index (χ0v) is 11.4. The summed E-state index contributed by atoms with van der Waals surface area (Å²) in [4.78, 5) is 4.39. The third-order valence-corrected chi connectivity index (χ3v) is 3.85. The Labute approximate surface area is 116 Å². The van der Waals surface area contributed by atoms with Gasteiger partial charge in [0.1, 0.15) is 11.6 Å². The molecular weight excluding hydrogens is 267 g/mol. The number of rotatable bonds is 4. The highest BCUT2D eigenvalue weighted by atomic mass is 35.5. The van der Waals surface area contributed by atoms with Crippen LogP contribution in [0.5, 0.6) is 0 Å². The summed E-state index contributed by atoms with van der Waals surface area (Å²) in [5.41, 5.74) is 1.61. The van der Waals surface area contributed by atoms with Gasteiger partial charge >= 0.3 is 0 Å². The van der Waals surface area contributed by atoms with E-state index in [9.17, 15) is 4.39 Å². The highest BCUT2D eigenvalue weighted by Gasteiger charge is 2.17. The molecule has 1 aromatic carbocycles. The van der Waals surface area contributed by atoms with E-state index in [2.05, 4.69) is 9.55 Å². The van der Waals surface area contributed by atoms with Crippen LogP contribution in [0.2, 0.25) is 0 Å². The van der Waals surface area contributed by atoms with Crippen molar-refractivity contribution in [2.45, 2.75) is 37.8 Å². The third kappa shape index (κ3) is 2.60. The molecule has 1 saturated heterocycles. The summed E-state index contributed by atoms with van der Waals surface area (Å²) in [7, 11) is 0. The van der Waals surface area contributed by atoms with Crippen molar-refractivity contribution >= 4 is 22.6 Å². The van der Waals surface area contributed by atoms with Gasteiger partial charge in [0.15, 0.2) is 0 Å². The Bertz CT molecular complexity index is 578. The monoisotopic (exact) mass is 282 g/mol. The minimum absolute atomic E-state index is 0.266. The normalized spacial score (nSPS) is 19.4. The van der Waals surface area contributed by atoms with Gasteiger partial charge in [0.05, 0.1) is 23.0 Å². The predicted octanol–water partition coefficient (Wildman–Crippen LogP) is 3.48. The van der Waals surface area contributed by atoms with Crippen LogP contribution in [-0.2, 0) is 17.2 Å². The van der Waals surface area contributed by atoms with Crippen molar-refractivity contribution in [2.24, 2.45) is 0 Å². The molecule has 1 aromatic heterocycles. The molecule has 0 spiro atoms. The van der Waals surface area contributed by atoms with E-state index in [1.807, 2.05) is 0 Å². The van der Waals surface area contributed by atoms with E-state index in [0.29, 0.717) is 17.5 Å². The molecule has 5 heteroatoms. The van der Waals surface area contributed by atoms with Gasteiger partial charge in [0.25, 0.3) is 0 Å². The molecule has 2 heterocycles. The lowest BCUT2D eigenvalue weighted by Gasteiger charge is -2.12. The van der Waals surface area contributed by atoms with Crippen LogP contribution >= 0.6 is 11.6 Å². The molecule has 0 radical (unpaired) electrons. The number of aromatic nitrogens is 2. The van der Waals surface area contributed by atoms with Gasteiger partial charge in [-0.3, -0.25) is 0 Å². The third-order valence-electron chi connectivity index (χ3n) is 3.61. The molecule has 0 N–H and O–H groups in total. The Morgan fingerprint density at radius 3 is 3.11 bits per heavy atom. The van der Waals surface area contributed by atoms with Crippen LogP contribution in [0.3, 0.4) is 0 Å². The fraction of sp³-hybridized carbons (Fsp3) is 0.500. The van der Waals surface area contributed by atoms with Crippen molar-refractivity contribution in [3.05, 3.63) is 29.8 Å². The number of benzene rings is 1. The number of alkyl halides is 1. The van der Waals surface area contributed by atoms with Crippen molar-refractivity contribution in [1.29, 1.82) is 0 Å². The Kier molecular flexibility index (Phi) is 3.71. The fourth-order valence-corrected chi connectivity index (χ4v) is 2.85. The van der Waals surface area contributed by atoms with Gasteiger partial charge in [0.2, 0.25) is 0 Å². The molecule has 0 bridgehead atoms. The van der Waals surface area contributed by atoms with E-state index in [1.165, 1.54) is 12.1 Å². The topological polar surface area (TPSA) is 27.1 Å². The van der Waals surface area contributed by atoms with E-state index in [0.717, 1.165) is 43.8 Å². The number of ether oxygens (including phenoxy) is 1. The second kappa shape index (κ2) is 5.47. The first-order chi connectivity index (χ1) is 9.28. The van der Waals surface area contributed by atoms with Crippen LogP contribution in [0.1, 0.15) is 25.1 Å². The summed E-state index contributed by atoms with van der Waals surface area (Å²) in [6, 6.07) is 4.68. The van der Waals surface area contributed by atoms with E-state index in [1.54, 1.807) is 6.07 Å². The molecule has 0 aliphatic carbocycles. The molecule has 0 saturated carbocycles. The van der Waals surface area contributed by atoms with Gasteiger partial charge in [-0.15, -0.1) is 11.6 Å². The SMILES string of the molecule is Fc1ccc2c(c1)nc(CCl)n2CCC1CCCO1. The molecular formula is C14H16ClFN2O. The van der Waals surface area contributed by atoms with Crippen LogP contribution in [0.15, 0.2) is 18.2 Å². The summed E-state index contributed by atoms with van der Waals surface area (Å²) in [5, 5.41) is 0. The Hall–Kier alpha value is -1.13. The summed E-state index contributed by atoms with van der Waals surface area (Å²) < 4.78 is 20.9. The molecule has 3 rings (SSSR count). The fourth-order valence-electron chi connectivity index (χ4n) is 2.65. The van der Waals surface area contributed by atoms with Gasteiger partial charge in [0, 0.05) is 19.2 Å². The van der Waals surface area contributed by atoms with Crippen LogP contribution in [0, 0.1) is 5.82 Å². The molecule has 1 unspecified atom stereocenters. The van der Waals surface area contributed by atoms with Crippen LogP contribution in [0.25, 0.3) is 11.0 Å². The first-order valence-electron chi connectivity index (χ1n) is 6.60. The summed E-state index contributed by atoms with van der Waals surface area (Å²) in [6.07, 6.45) is 3.55. The van der Waals surface area contributed by atoms with Gasteiger partial charge in [-0.2, -0.15) is 0 Å². The maximum atomic E-state index is 13.2. The second-order valence-corrected chi connectivity index (χ2v) is 5.14. The average molecular weight is 283 g/mol. The van der Waals surface area contributed by atoms with Crippen LogP contribution in [0.4, 0.5) is 4.39 Å². The molecule has 1 aliphatic rings. The van der Waals surface area contributed by atoms with Gasteiger partial charge in [-0.05, 0) is 31.4 Å². The van der Waals surface area contributed by atoms with E-state index >= 15 is 0 Å². The van der Waals surface area contributed by atoms with Gasteiger partial charge < -0.3 is 9.30 Å². The number of halogens is 2. The van der Waals surface area contributed by atoms with Crippen molar-refractivity contribution < 1.29 is 9.13 Å². The van der Waals surface area contributed by atoms with Crippen molar-refractivity contribution in [2.75, 3.05) is 6.61 Å². The molecule has 3 nitrogen and oxygen atoms in total. The van der Waals surface area contributed by atoms with Gasteiger partial charge in [-0.1, -0.05) is 0 Å². The van der Waals surface area contributed by atoms with Crippen molar-refractivity contribution in [1.82, 2.24) is 9.55 Å². The first-order valence-corrected chi connectivity index (χ1v) is 7.13. The lowest BCUT2D eigenvalue weighted by Crippen LogP contribution is -2.11. The smallest absolute Gasteiger partial charge is 0.125 e. The Balaban J connectivity index is 1.87. The number of fused-ring (bicyclic) bond motifs is 1. The minimum atomic E-state index is -0.266. The lowest BCUT2D eigenvalue weighted by molar-refractivity contribution is 0.100. The first kappa shape index (κ1) is 12.9. The largest absolute Gasteiger partial charge is 0.378 e. The van der Waals surface area contributed by atoms with Gasteiger partial charge in [-0.25, -0.2) is 9.37 Å². The Morgan fingerprint density at radius 1 is 1.47 bits per heavy atom. The lowest BCUT2D eigenvalue weighted by atomic mass is 10.2. The second-order valence-electron chi connectivity index (χ2n) is 4.87. The maximum absolute atomic E-state index is 13.2. The quantitative estimate of drug-likeness (QED) is 0.803. The number of nitrogens with zero attached hydrogens (tertiary/aromatic N) is 2. The minimum Gasteiger partial charge on any atom is -0.378 e. The van der Waals surface area contributed by atoms with Crippen LogP contribution in [-0.4, -0.2) is 22.3 Å². The number of hydrogen-bond acceptors (Lipinski definition) is 2. The number of aryl methyl sites for hydroxylation is 1. The van der Waals surface area contributed by atoms with Crippen molar-refractivity contribution in [3.63, 3.8) is 0 Å². The standard InChI is InChI=1S/C14H16ClFN2O/c15-9-14-17-12-8-10(16)3-4-13(12)18(14)6-5-11-2-1-7-19-11/h3-4,8,11H,1-2,5-7,9H2. The molecule has 1 aliphatic heterocycles. The predicted molar refractivity (Wildman–Crippen MR) is 72.8 cm³/mol. The van der Waals surface area contributed by atoms with E-state index in [-0.39, 0.29) is 5.82 Å². The maximum Gasteiger partial charge on any atom is 0.125 e. The summed E-state index contributed by atoms with van der Waals surface area (Å²) in [5.74, 6) is 0.861. The van der Waals surface area contributed by atoms with E-state index in [4.69, 9.17) is 16.3 Å². The number of hydrogen-bond donors (Lipinski definition) is 0. The molecule has 0 amide bonds. The highest BCUT2D eigenvalue weighted by molar-refractivity contribution is 6.16. The molecule has 1 atom stereocenters. The summed E-state index contributed by atoms with van der Waals surface area (Å²) >= 11 is 5.93.